The number of hydrogen-bond donors (Lipinski definition) is 3. The summed E-state index contributed by atoms with van der Waals surface area (Å²) in [6.45, 7) is 8.70. The molecular weight excluding hydrogens is 366 g/mol. The van der Waals surface area contributed by atoms with Gasteiger partial charge in [-0.1, -0.05) is 25.1 Å². The Morgan fingerprint density at radius 1 is 1.03 bits per heavy atom. The molecule has 0 bridgehead atoms. The van der Waals surface area contributed by atoms with Crippen molar-refractivity contribution in [1.29, 1.82) is 0 Å². The lowest BCUT2D eigenvalue weighted by Gasteiger charge is -2.12. The molecule has 29 heavy (non-hydrogen) atoms. The van der Waals surface area contributed by atoms with Crippen LogP contribution >= 0.6 is 0 Å². The molecule has 6 heteroatoms. The van der Waals surface area contributed by atoms with Gasteiger partial charge in [0.25, 0.3) is 5.91 Å². The number of benzene rings is 2. The van der Waals surface area contributed by atoms with E-state index >= 15 is 0 Å². The fourth-order valence-corrected chi connectivity index (χ4v) is 2.63. The summed E-state index contributed by atoms with van der Waals surface area (Å²) in [5.41, 5.74) is 2.20. The van der Waals surface area contributed by atoms with Crippen LogP contribution in [0.4, 0.5) is 5.69 Å². The summed E-state index contributed by atoms with van der Waals surface area (Å²) in [5.74, 6) is 0.529. The van der Waals surface area contributed by atoms with Crippen molar-refractivity contribution < 1.29 is 14.3 Å². The van der Waals surface area contributed by atoms with Gasteiger partial charge in [-0.05, 0) is 63.1 Å². The third-order valence-corrected chi connectivity index (χ3v) is 4.31. The first-order valence-electron chi connectivity index (χ1n) is 10.0. The average Bonchev–Trinajstić information content (AvgIpc) is 2.69. The molecule has 6 nitrogen and oxygen atoms in total. The van der Waals surface area contributed by atoms with Crippen LogP contribution in [0.3, 0.4) is 0 Å². The lowest BCUT2D eigenvalue weighted by atomic mass is 10.1. The molecular formula is C23H31N3O3. The van der Waals surface area contributed by atoms with Gasteiger partial charge in [0.15, 0.2) is 0 Å². The van der Waals surface area contributed by atoms with Crippen molar-refractivity contribution in [2.75, 3.05) is 11.9 Å². The van der Waals surface area contributed by atoms with Crippen molar-refractivity contribution in [3.63, 3.8) is 0 Å². The SMILES string of the molecule is CCC(C)NC(=O)c1cccc(NC(=O)CNCc2ccc(OC(C)C)cc2)c1. The second kappa shape index (κ2) is 11.2. The molecule has 3 N–H and O–H groups in total. The van der Waals surface area contributed by atoms with Gasteiger partial charge >= 0.3 is 0 Å². The first-order chi connectivity index (χ1) is 13.9. The maximum Gasteiger partial charge on any atom is 0.251 e. The van der Waals surface area contributed by atoms with E-state index in [-0.39, 0.29) is 30.5 Å². The van der Waals surface area contributed by atoms with Gasteiger partial charge in [-0.3, -0.25) is 9.59 Å². The summed E-state index contributed by atoms with van der Waals surface area (Å²) >= 11 is 0. The maximum absolute atomic E-state index is 12.2. The molecule has 0 aliphatic rings. The largest absolute Gasteiger partial charge is 0.491 e. The number of ether oxygens (including phenoxy) is 1. The molecule has 2 amide bonds. The molecule has 2 rings (SSSR count). The molecule has 0 saturated heterocycles. The van der Waals surface area contributed by atoms with Crippen LogP contribution in [0, 0.1) is 0 Å². The van der Waals surface area contributed by atoms with Crippen molar-refractivity contribution in [1.82, 2.24) is 10.6 Å². The molecule has 1 unspecified atom stereocenters. The normalized spacial score (nSPS) is 11.8. The fraction of sp³-hybridized carbons (Fsp3) is 0.391. The Labute approximate surface area is 173 Å². The molecule has 0 aromatic heterocycles. The number of carbonyl (C=O) groups excluding carboxylic acids is 2. The van der Waals surface area contributed by atoms with Gasteiger partial charge in [0.2, 0.25) is 5.91 Å². The van der Waals surface area contributed by atoms with E-state index < -0.39 is 0 Å². The Kier molecular flexibility index (Phi) is 8.68. The van der Waals surface area contributed by atoms with E-state index in [1.54, 1.807) is 24.3 Å². The van der Waals surface area contributed by atoms with Crippen LogP contribution in [0.15, 0.2) is 48.5 Å². The quantitative estimate of drug-likeness (QED) is 0.571. The van der Waals surface area contributed by atoms with Crippen molar-refractivity contribution in [2.24, 2.45) is 0 Å². The zero-order chi connectivity index (χ0) is 21.2. The number of carbonyl (C=O) groups is 2. The number of anilines is 1. The standard InChI is InChI=1S/C23H31N3O3/c1-5-17(4)25-23(28)19-7-6-8-20(13-19)26-22(27)15-24-14-18-9-11-21(12-10-18)29-16(2)3/h6-13,16-17,24H,5,14-15H2,1-4H3,(H,25,28)(H,26,27). The van der Waals surface area contributed by atoms with Gasteiger partial charge in [0.05, 0.1) is 12.6 Å². The zero-order valence-corrected chi connectivity index (χ0v) is 17.6. The first-order valence-corrected chi connectivity index (χ1v) is 10.0. The highest BCUT2D eigenvalue weighted by Gasteiger charge is 2.10. The summed E-state index contributed by atoms with van der Waals surface area (Å²) < 4.78 is 5.62. The van der Waals surface area contributed by atoms with E-state index in [1.807, 2.05) is 52.0 Å². The summed E-state index contributed by atoms with van der Waals surface area (Å²) in [5, 5.41) is 8.86. The molecule has 156 valence electrons. The smallest absolute Gasteiger partial charge is 0.251 e. The molecule has 2 aromatic carbocycles. The first kappa shape index (κ1) is 22.4. The van der Waals surface area contributed by atoms with E-state index in [1.165, 1.54) is 0 Å². The average molecular weight is 398 g/mol. The molecule has 2 aromatic rings. The monoisotopic (exact) mass is 397 g/mol. The van der Waals surface area contributed by atoms with Crippen LogP contribution in [-0.4, -0.2) is 30.5 Å². The topological polar surface area (TPSA) is 79.5 Å². The molecule has 0 aliphatic carbocycles. The lowest BCUT2D eigenvalue weighted by Crippen LogP contribution is -2.32. The summed E-state index contributed by atoms with van der Waals surface area (Å²) in [4.78, 5) is 24.4. The van der Waals surface area contributed by atoms with E-state index in [2.05, 4.69) is 16.0 Å². The molecule has 0 fully saturated rings. The summed E-state index contributed by atoms with van der Waals surface area (Å²) in [6, 6.07) is 14.8. The van der Waals surface area contributed by atoms with Crippen molar-refractivity contribution in [2.45, 2.75) is 52.8 Å². The van der Waals surface area contributed by atoms with E-state index in [0.29, 0.717) is 17.8 Å². The Bertz CT molecular complexity index is 803. The number of hydrogen-bond acceptors (Lipinski definition) is 4. The Morgan fingerprint density at radius 2 is 1.76 bits per heavy atom. The maximum atomic E-state index is 12.2. The second-order valence-electron chi connectivity index (χ2n) is 7.33. The van der Waals surface area contributed by atoms with Crippen LogP contribution in [0.5, 0.6) is 5.75 Å². The third-order valence-electron chi connectivity index (χ3n) is 4.31. The lowest BCUT2D eigenvalue weighted by molar-refractivity contribution is -0.115. The van der Waals surface area contributed by atoms with Gasteiger partial charge < -0.3 is 20.7 Å². The molecule has 0 saturated carbocycles. The van der Waals surface area contributed by atoms with Crippen molar-refractivity contribution >= 4 is 17.5 Å². The second-order valence-corrected chi connectivity index (χ2v) is 7.33. The Balaban J connectivity index is 1.80. The van der Waals surface area contributed by atoms with E-state index in [4.69, 9.17) is 4.74 Å². The van der Waals surface area contributed by atoms with E-state index in [0.717, 1.165) is 17.7 Å². The summed E-state index contributed by atoms with van der Waals surface area (Å²) in [7, 11) is 0. The number of rotatable bonds is 10. The fourth-order valence-electron chi connectivity index (χ4n) is 2.63. The van der Waals surface area contributed by atoms with Crippen molar-refractivity contribution in [3.05, 3.63) is 59.7 Å². The highest BCUT2D eigenvalue weighted by Crippen LogP contribution is 2.14. The van der Waals surface area contributed by atoms with Gasteiger partial charge in [-0.2, -0.15) is 0 Å². The zero-order valence-electron chi connectivity index (χ0n) is 17.6. The Morgan fingerprint density at radius 3 is 2.41 bits per heavy atom. The minimum Gasteiger partial charge on any atom is -0.491 e. The van der Waals surface area contributed by atoms with Crippen LogP contribution in [0.1, 0.15) is 50.0 Å². The van der Waals surface area contributed by atoms with Gasteiger partial charge in [-0.15, -0.1) is 0 Å². The van der Waals surface area contributed by atoms with Crippen LogP contribution in [0.25, 0.3) is 0 Å². The Hall–Kier alpha value is -2.86. The molecule has 1 atom stereocenters. The van der Waals surface area contributed by atoms with E-state index in [9.17, 15) is 9.59 Å². The molecule has 0 spiro atoms. The van der Waals surface area contributed by atoms with Gasteiger partial charge in [-0.25, -0.2) is 0 Å². The summed E-state index contributed by atoms with van der Waals surface area (Å²) in [6.07, 6.45) is 1.00. The van der Waals surface area contributed by atoms with Gasteiger partial charge in [0.1, 0.15) is 5.75 Å². The predicted molar refractivity (Wildman–Crippen MR) is 116 cm³/mol. The number of nitrogens with one attached hydrogen (secondary N) is 3. The minimum absolute atomic E-state index is 0.107. The molecule has 0 aliphatic heterocycles. The number of amides is 2. The molecule has 0 heterocycles. The van der Waals surface area contributed by atoms with Gasteiger partial charge in [0, 0.05) is 23.8 Å². The van der Waals surface area contributed by atoms with Crippen LogP contribution in [-0.2, 0) is 11.3 Å². The van der Waals surface area contributed by atoms with Crippen molar-refractivity contribution in [3.8, 4) is 5.75 Å². The highest BCUT2D eigenvalue weighted by molar-refractivity contribution is 5.97. The molecule has 0 radical (unpaired) electrons. The predicted octanol–water partition coefficient (Wildman–Crippen LogP) is 3.73. The van der Waals surface area contributed by atoms with Crippen LogP contribution < -0.4 is 20.7 Å². The third kappa shape index (κ3) is 7.95. The highest BCUT2D eigenvalue weighted by atomic mass is 16.5. The minimum atomic E-state index is -0.163. The van der Waals surface area contributed by atoms with Crippen LogP contribution in [0.2, 0.25) is 0 Å².